The van der Waals surface area contributed by atoms with Crippen molar-refractivity contribution in [3.63, 3.8) is 0 Å². The fourth-order valence-corrected chi connectivity index (χ4v) is 3.55. The Morgan fingerprint density at radius 3 is 2.04 bits per heavy atom. The third kappa shape index (κ3) is 4.59. The molecule has 0 heterocycles. The van der Waals surface area contributed by atoms with Crippen molar-refractivity contribution in [2.45, 2.75) is 32.6 Å². The number of benzene rings is 3. The van der Waals surface area contributed by atoms with Crippen molar-refractivity contribution in [1.82, 2.24) is 0 Å². The molecular formula is C26H31OTi. The molecule has 0 aromatic heterocycles. The Balaban J connectivity index is 0.00000182. The summed E-state index contributed by atoms with van der Waals surface area (Å²) in [6.45, 7) is 6.59. The minimum Gasteiger partial charge on any atom is -0.507 e. The smallest absolute Gasteiger partial charge is 0.507 e. The van der Waals surface area contributed by atoms with Gasteiger partial charge in [-0.1, -0.05) is 69.3 Å². The largest absolute Gasteiger partial charge is 3.00 e. The van der Waals surface area contributed by atoms with Crippen LogP contribution in [0.25, 0.3) is 22.3 Å². The van der Waals surface area contributed by atoms with E-state index in [0.29, 0.717) is 5.75 Å². The molecule has 1 radical (unpaired) electrons. The van der Waals surface area contributed by atoms with E-state index in [2.05, 4.69) is 69.3 Å². The molecule has 0 spiro atoms. The van der Waals surface area contributed by atoms with E-state index in [1.54, 1.807) is 0 Å². The van der Waals surface area contributed by atoms with Crippen LogP contribution in [-0.4, -0.2) is 5.11 Å². The topological polar surface area (TPSA) is 20.2 Å². The summed E-state index contributed by atoms with van der Waals surface area (Å²) in [5, 5.41) is 10.4. The molecule has 4 rings (SSSR count). The minimum absolute atomic E-state index is 0. The van der Waals surface area contributed by atoms with E-state index in [-0.39, 0.29) is 49.4 Å². The van der Waals surface area contributed by atoms with E-state index in [1.165, 1.54) is 27.8 Å². The van der Waals surface area contributed by atoms with Gasteiger partial charge in [-0.25, -0.2) is 0 Å². The molecule has 0 bridgehead atoms. The van der Waals surface area contributed by atoms with Gasteiger partial charge in [-0.2, -0.15) is 0 Å². The Morgan fingerprint density at radius 1 is 0.714 bits per heavy atom. The fraction of sp³-hybridized carbons (Fsp3) is 0.192. The zero-order valence-electron chi connectivity index (χ0n) is 17.9. The van der Waals surface area contributed by atoms with Gasteiger partial charge in [0.05, 0.1) is 0 Å². The predicted molar refractivity (Wildman–Crippen MR) is 120 cm³/mol. The maximum atomic E-state index is 10.4. The van der Waals surface area contributed by atoms with Gasteiger partial charge in [0.15, 0.2) is 0 Å². The number of rotatable bonds is 1. The first-order valence-corrected chi connectivity index (χ1v) is 8.48. The van der Waals surface area contributed by atoms with Crippen molar-refractivity contribution in [2.24, 2.45) is 0 Å². The van der Waals surface area contributed by atoms with E-state index in [9.17, 15) is 5.11 Å². The van der Waals surface area contributed by atoms with Crippen molar-refractivity contribution in [1.29, 1.82) is 0 Å². The molecule has 0 aliphatic heterocycles. The molecule has 1 aliphatic carbocycles. The van der Waals surface area contributed by atoms with Crippen LogP contribution >= 0.6 is 0 Å². The number of fused-ring (bicyclic) bond motifs is 3. The average Bonchev–Trinajstić information content (AvgIpc) is 2.91. The number of phenolic OH excluding ortho intramolecular Hbond substituents is 1. The zero-order valence-corrected chi connectivity index (χ0v) is 19.5. The summed E-state index contributed by atoms with van der Waals surface area (Å²) in [6.07, 6.45) is 0.971. The second kappa shape index (κ2) is 9.59. The number of aromatic hydroxyl groups is 1. The van der Waals surface area contributed by atoms with E-state index in [1.807, 2.05) is 12.1 Å². The summed E-state index contributed by atoms with van der Waals surface area (Å²) in [7, 11) is 0. The molecular weight excluding hydrogens is 376 g/mol. The SMILES string of the molecule is CC(C)(C)c1ccc(O)c(-c2ccc3c(c2)Cc2ccccc2-3)c1.[CH3-].[CH3-].[CH3-].[Ti+3]. The summed E-state index contributed by atoms with van der Waals surface area (Å²) in [5.74, 6) is 0.346. The third-order valence-electron chi connectivity index (χ3n) is 4.97. The second-order valence-corrected chi connectivity index (χ2v) is 7.69. The van der Waals surface area contributed by atoms with Crippen molar-refractivity contribution in [3.8, 4) is 28.0 Å². The van der Waals surface area contributed by atoms with E-state index < -0.39 is 0 Å². The van der Waals surface area contributed by atoms with Crippen LogP contribution in [0.5, 0.6) is 5.75 Å². The Morgan fingerprint density at radius 2 is 1.36 bits per heavy atom. The van der Waals surface area contributed by atoms with Gasteiger partial charge in [-0.15, -0.1) is 0 Å². The molecule has 3 aromatic carbocycles. The first kappa shape index (κ1) is 26.2. The first-order chi connectivity index (χ1) is 11.4. The van der Waals surface area contributed by atoms with Gasteiger partial charge in [0.2, 0.25) is 0 Å². The maximum absolute atomic E-state index is 10.4. The van der Waals surface area contributed by atoms with E-state index in [4.69, 9.17) is 0 Å². The van der Waals surface area contributed by atoms with Crippen LogP contribution in [0.3, 0.4) is 0 Å². The zero-order chi connectivity index (χ0) is 16.9. The molecule has 0 unspecified atom stereocenters. The minimum atomic E-state index is 0. The average molecular weight is 407 g/mol. The van der Waals surface area contributed by atoms with Crippen molar-refractivity contribution in [3.05, 3.63) is 99.6 Å². The third-order valence-corrected chi connectivity index (χ3v) is 4.97. The van der Waals surface area contributed by atoms with Gasteiger partial charge >= 0.3 is 21.7 Å². The van der Waals surface area contributed by atoms with Crippen LogP contribution in [0, 0.1) is 22.3 Å². The monoisotopic (exact) mass is 407 g/mol. The molecule has 0 fully saturated rings. The van der Waals surface area contributed by atoms with Gasteiger partial charge in [0.1, 0.15) is 5.75 Å². The molecule has 1 aliphatic rings. The Labute approximate surface area is 186 Å². The molecule has 145 valence electrons. The van der Waals surface area contributed by atoms with Crippen LogP contribution in [0.15, 0.2) is 60.7 Å². The molecule has 0 amide bonds. The summed E-state index contributed by atoms with van der Waals surface area (Å²) < 4.78 is 0. The van der Waals surface area contributed by atoms with E-state index >= 15 is 0 Å². The number of hydrogen-bond donors (Lipinski definition) is 1. The van der Waals surface area contributed by atoms with Gasteiger partial charge in [-0.05, 0) is 57.3 Å². The van der Waals surface area contributed by atoms with E-state index in [0.717, 1.165) is 17.5 Å². The van der Waals surface area contributed by atoms with Crippen LogP contribution in [0.1, 0.15) is 37.5 Å². The first-order valence-electron chi connectivity index (χ1n) is 8.48. The van der Waals surface area contributed by atoms with Gasteiger partial charge in [0.25, 0.3) is 0 Å². The molecule has 0 saturated carbocycles. The number of hydrogen-bond acceptors (Lipinski definition) is 1. The van der Waals surface area contributed by atoms with Crippen molar-refractivity contribution >= 4 is 0 Å². The molecule has 0 atom stereocenters. The quantitative estimate of drug-likeness (QED) is 0.260. The predicted octanol–water partition coefficient (Wildman–Crippen LogP) is 7.28. The van der Waals surface area contributed by atoms with Crippen LogP contribution in [0.4, 0.5) is 0 Å². The maximum Gasteiger partial charge on any atom is 3.00 e. The Hall–Kier alpha value is -1.83. The summed E-state index contributed by atoms with van der Waals surface area (Å²) >= 11 is 0. The fourth-order valence-electron chi connectivity index (χ4n) is 3.55. The van der Waals surface area contributed by atoms with Gasteiger partial charge in [0, 0.05) is 5.56 Å². The summed E-state index contributed by atoms with van der Waals surface area (Å²) in [4.78, 5) is 0. The van der Waals surface area contributed by atoms with Gasteiger partial charge in [-0.3, -0.25) is 0 Å². The van der Waals surface area contributed by atoms with Crippen molar-refractivity contribution < 1.29 is 26.8 Å². The molecule has 0 saturated heterocycles. The standard InChI is InChI=1S/C23H22O.3CH3.Ti/c1-23(2,3)18-9-11-22(24)21(14-18)16-8-10-20-17(13-16)12-15-6-4-5-7-19(15)20;;;;/h4-11,13-14,24H,12H2,1-3H3;3*1H3;/q;3*-1;+3. The summed E-state index contributed by atoms with van der Waals surface area (Å²) in [6, 6.07) is 21.1. The molecule has 1 nitrogen and oxygen atoms in total. The second-order valence-electron chi connectivity index (χ2n) is 7.69. The summed E-state index contributed by atoms with van der Waals surface area (Å²) in [5.41, 5.74) is 8.69. The molecule has 3 aromatic rings. The van der Waals surface area contributed by atoms with Crippen LogP contribution in [-0.2, 0) is 33.6 Å². The Kier molecular flexibility index (Phi) is 8.96. The van der Waals surface area contributed by atoms with Crippen LogP contribution < -0.4 is 0 Å². The molecule has 28 heavy (non-hydrogen) atoms. The number of phenols is 1. The van der Waals surface area contributed by atoms with Crippen molar-refractivity contribution in [2.75, 3.05) is 0 Å². The Bertz CT molecular complexity index is 935. The molecule has 1 N–H and O–H groups in total. The molecule has 2 heteroatoms. The normalized spacial score (nSPS) is 11.0. The van der Waals surface area contributed by atoms with Gasteiger partial charge < -0.3 is 27.4 Å². The van der Waals surface area contributed by atoms with Crippen LogP contribution in [0.2, 0.25) is 0 Å².